The van der Waals surface area contributed by atoms with Gasteiger partial charge in [0.1, 0.15) is 23.7 Å². The molecule has 46 heavy (non-hydrogen) atoms. The molecule has 0 aliphatic carbocycles. The van der Waals surface area contributed by atoms with Crippen LogP contribution in [0.4, 0.5) is 0 Å². The van der Waals surface area contributed by atoms with Crippen LogP contribution in [0.5, 0.6) is 0 Å². The van der Waals surface area contributed by atoms with Crippen LogP contribution in [-0.4, -0.2) is 45.4 Å². The number of unbranched alkanes of at least 4 members (excludes halogenated alkanes) is 4. The van der Waals surface area contributed by atoms with Gasteiger partial charge in [0.05, 0.1) is 23.8 Å². The Morgan fingerprint density at radius 1 is 0.804 bits per heavy atom. The first-order chi connectivity index (χ1) is 21.9. The molecule has 2 saturated heterocycles. The number of benzene rings is 2. The van der Waals surface area contributed by atoms with Gasteiger partial charge in [-0.05, 0) is 91.2 Å². The van der Waals surface area contributed by atoms with Gasteiger partial charge in [-0.3, -0.25) is 9.68 Å². The standard InChI is InChI=1S/C39H59N3O4/c1-9-11-19-26-39(27-20-12-10-2)42(45-31(3)32-21-15-13-16-22-32)38(8,30-43-39)28-25-34(33-23-17-14-18-24-33)46-41-36(4,5)35(29-40)44-37(41,6)7/h13-18,21-24,31,34-35H,9-12,19-20,25-28,30H2,1-8H3. The molecule has 2 aromatic rings. The Morgan fingerprint density at radius 3 is 1.89 bits per heavy atom. The number of nitriles is 1. The Balaban J connectivity index is 1.65. The van der Waals surface area contributed by atoms with Gasteiger partial charge in [-0.25, -0.2) is 0 Å². The maximum absolute atomic E-state index is 9.88. The van der Waals surface area contributed by atoms with E-state index in [1.807, 2.05) is 38.8 Å². The lowest BCUT2D eigenvalue weighted by molar-refractivity contribution is -0.318. The molecule has 2 aliphatic heterocycles. The third-order valence-electron chi connectivity index (χ3n) is 9.91. The molecule has 4 rings (SSSR count). The molecule has 4 unspecified atom stereocenters. The Bertz CT molecular complexity index is 1240. The number of nitrogens with zero attached hydrogens (tertiary/aromatic N) is 3. The van der Waals surface area contributed by atoms with E-state index in [0.29, 0.717) is 6.61 Å². The highest BCUT2D eigenvalue weighted by Crippen LogP contribution is 2.48. The first-order valence-corrected chi connectivity index (χ1v) is 17.7. The molecule has 2 aromatic carbocycles. The van der Waals surface area contributed by atoms with Crippen molar-refractivity contribution in [3.05, 3.63) is 71.8 Å². The zero-order valence-electron chi connectivity index (χ0n) is 29.8. The van der Waals surface area contributed by atoms with Crippen LogP contribution in [0.2, 0.25) is 0 Å². The van der Waals surface area contributed by atoms with Crippen molar-refractivity contribution >= 4 is 0 Å². The number of hydroxylamine groups is 4. The van der Waals surface area contributed by atoms with Crippen molar-refractivity contribution in [2.45, 2.75) is 160 Å². The average Bonchev–Trinajstić information content (AvgIpc) is 3.41. The fourth-order valence-electron chi connectivity index (χ4n) is 7.26. The first kappa shape index (κ1) is 36.5. The molecule has 7 heteroatoms. The van der Waals surface area contributed by atoms with E-state index in [-0.39, 0.29) is 17.7 Å². The summed E-state index contributed by atoms with van der Waals surface area (Å²) in [6.45, 7) is 17.5. The maximum Gasteiger partial charge on any atom is 0.166 e. The van der Waals surface area contributed by atoms with Gasteiger partial charge < -0.3 is 9.47 Å². The largest absolute Gasteiger partial charge is 0.356 e. The maximum atomic E-state index is 9.88. The number of ether oxygens (including phenoxy) is 2. The van der Waals surface area contributed by atoms with E-state index in [1.165, 1.54) is 25.7 Å². The van der Waals surface area contributed by atoms with Gasteiger partial charge in [0.15, 0.2) is 6.10 Å². The number of hydrogen-bond acceptors (Lipinski definition) is 7. The lowest BCUT2D eigenvalue weighted by Crippen LogP contribution is -2.54. The molecule has 0 bridgehead atoms. The van der Waals surface area contributed by atoms with Crippen LogP contribution in [0.15, 0.2) is 60.7 Å². The summed E-state index contributed by atoms with van der Waals surface area (Å²) < 4.78 is 13.1. The molecule has 0 amide bonds. The van der Waals surface area contributed by atoms with Crippen molar-refractivity contribution in [2.24, 2.45) is 0 Å². The highest BCUT2D eigenvalue weighted by atomic mass is 16.8. The summed E-state index contributed by atoms with van der Waals surface area (Å²) in [6, 6.07) is 23.2. The number of hydrogen-bond donors (Lipinski definition) is 0. The Labute approximate surface area is 279 Å². The number of rotatable bonds is 17. The monoisotopic (exact) mass is 633 g/mol. The summed E-state index contributed by atoms with van der Waals surface area (Å²) in [7, 11) is 0. The Morgan fingerprint density at radius 2 is 1.37 bits per heavy atom. The molecule has 7 nitrogen and oxygen atoms in total. The molecule has 0 radical (unpaired) electrons. The topological polar surface area (TPSA) is 67.2 Å². The molecule has 2 fully saturated rings. The second-order valence-electron chi connectivity index (χ2n) is 14.7. The average molecular weight is 634 g/mol. The summed E-state index contributed by atoms with van der Waals surface area (Å²) >= 11 is 0. The molecule has 0 aromatic heterocycles. The third kappa shape index (κ3) is 8.21. The van der Waals surface area contributed by atoms with Gasteiger partial charge in [-0.2, -0.15) is 5.26 Å². The first-order valence-electron chi connectivity index (χ1n) is 17.7. The molecule has 0 saturated carbocycles. The van der Waals surface area contributed by atoms with E-state index in [2.05, 4.69) is 93.4 Å². The van der Waals surface area contributed by atoms with E-state index >= 15 is 0 Å². The lowest BCUT2D eigenvalue weighted by atomic mass is 9.90. The SMILES string of the molecule is CCCCCC1(CCCCC)OCC(C)(CCC(ON2C(C)(C)OC(C#N)C2(C)C)c2ccccc2)N1OC(C)c1ccccc1. The minimum absolute atomic E-state index is 0.119. The van der Waals surface area contributed by atoms with Crippen LogP contribution in [-0.2, 0) is 19.1 Å². The predicted octanol–water partition coefficient (Wildman–Crippen LogP) is 9.82. The van der Waals surface area contributed by atoms with Gasteiger partial charge in [-0.15, -0.1) is 10.1 Å². The van der Waals surface area contributed by atoms with Crippen molar-refractivity contribution < 1.29 is 19.1 Å². The van der Waals surface area contributed by atoms with Gasteiger partial charge in [-0.1, -0.05) is 100 Å². The van der Waals surface area contributed by atoms with E-state index in [1.54, 1.807) is 0 Å². The Kier molecular flexibility index (Phi) is 12.5. The van der Waals surface area contributed by atoms with E-state index in [0.717, 1.165) is 49.7 Å². The second-order valence-corrected chi connectivity index (χ2v) is 14.7. The fourth-order valence-corrected chi connectivity index (χ4v) is 7.26. The predicted molar refractivity (Wildman–Crippen MR) is 183 cm³/mol. The van der Waals surface area contributed by atoms with Crippen LogP contribution in [0.1, 0.15) is 143 Å². The van der Waals surface area contributed by atoms with Crippen molar-refractivity contribution in [1.82, 2.24) is 10.1 Å². The van der Waals surface area contributed by atoms with Gasteiger partial charge in [0.2, 0.25) is 0 Å². The molecule has 0 N–H and O–H groups in total. The van der Waals surface area contributed by atoms with Crippen molar-refractivity contribution in [3.8, 4) is 6.07 Å². The van der Waals surface area contributed by atoms with Crippen LogP contribution in [0.25, 0.3) is 0 Å². The zero-order valence-corrected chi connectivity index (χ0v) is 29.8. The second kappa shape index (κ2) is 15.7. The van der Waals surface area contributed by atoms with Crippen LogP contribution in [0.3, 0.4) is 0 Å². The zero-order chi connectivity index (χ0) is 33.4. The van der Waals surface area contributed by atoms with Gasteiger partial charge in [0.25, 0.3) is 0 Å². The minimum atomic E-state index is -0.759. The van der Waals surface area contributed by atoms with Crippen molar-refractivity contribution in [2.75, 3.05) is 6.61 Å². The molecule has 4 atom stereocenters. The van der Waals surface area contributed by atoms with E-state index < -0.39 is 23.1 Å². The van der Waals surface area contributed by atoms with Gasteiger partial charge in [0, 0.05) is 0 Å². The quantitative estimate of drug-likeness (QED) is 0.161. The molecule has 254 valence electrons. The highest BCUT2D eigenvalue weighted by molar-refractivity contribution is 5.19. The van der Waals surface area contributed by atoms with Crippen molar-refractivity contribution in [3.63, 3.8) is 0 Å². The molecule has 2 heterocycles. The van der Waals surface area contributed by atoms with Crippen molar-refractivity contribution in [1.29, 1.82) is 5.26 Å². The molecule has 0 spiro atoms. The van der Waals surface area contributed by atoms with E-state index in [9.17, 15) is 5.26 Å². The summed E-state index contributed by atoms with van der Waals surface area (Å²) in [5.74, 6) is 0. The molecule has 2 aliphatic rings. The van der Waals surface area contributed by atoms with E-state index in [4.69, 9.17) is 19.1 Å². The molecular weight excluding hydrogens is 574 g/mol. The smallest absolute Gasteiger partial charge is 0.166 e. The minimum Gasteiger partial charge on any atom is -0.356 e. The fraction of sp³-hybridized carbons (Fsp3) is 0.667. The van der Waals surface area contributed by atoms with Gasteiger partial charge >= 0.3 is 0 Å². The summed E-state index contributed by atoms with van der Waals surface area (Å²) in [6.07, 6.45) is 9.36. The lowest BCUT2D eigenvalue weighted by Gasteiger charge is -2.44. The molecular formula is C39H59N3O4. The normalized spacial score (nSPS) is 25.3. The van der Waals surface area contributed by atoms with Crippen LogP contribution >= 0.6 is 0 Å². The summed E-state index contributed by atoms with van der Waals surface area (Å²) in [4.78, 5) is 14.0. The van der Waals surface area contributed by atoms with Crippen LogP contribution in [0, 0.1) is 11.3 Å². The third-order valence-corrected chi connectivity index (χ3v) is 9.91. The Hall–Kier alpha value is -2.31. The summed E-state index contributed by atoms with van der Waals surface area (Å²) in [5, 5.41) is 14.1. The summed E-state index contributed by atoms with van der Waals surface area (Å²) in [5.41, 5.74) is 0.0193. The highest BCUT2D eigenvalue weighted by Gasteiger charge is 2.57. The van der Waals surface area contributed by atoms with Crippen LogP contribution < -0.4 is 0 Å².